The van der Waals surface area contributed by atoms with Crippen LogP contribution < -0.4 is 10.6 Å². The first-order valence-electron chi connectivity index (χ1n) is 5.54. The van der Waals surface area contributed by atoms with Crippen LogP contribution in [-0.4, -0.2) is 23.3 Å². The van der Waals surface area contributed by atoms with Crippen molar-refractivity contribution in [3.63, 3.8) is 0 Å². The predicted octanol–water partition coefficient (Wildman–Crippen LogP) is 1.85. The van der Waals surface area contributed by atoms with E-state index in [4.69, 9.17) is 17.3 Å². The van der Waals surface area contributed by atoms with Gasteiger partial charge >= 0.3 is 0 Å². The molecule has 20 heavy (non-hydrogen) atoms. The second kappa shape index (κ2) is 5.37. The summed E-state index contributed by atoms with van der Waals surface area (Å²) < 4.78 is 0.315. The Kier molecular flexibility index (Phi) is 3.96. The normalized spacial score (nSPS) is 18.4. The smallest absolute Gasteiger partial charge is 0.295 e. The molecule has 0 aromatic heterocycles. The quantitative estimate of drug-likeness (QED) is 0.654. The second-order valence-corrected chi connectivity index (χ2v) is 5.61. The summed E-state index contributed by atoms with van der Waals surface area (Å²) in [5.74, 6) is -1.64. The summed E-state index contributed by atoms with van der Waals surface area (Å²) >= 11 is 8.94. The molecule has 1 fully saturated rings. The monoisotopic (exact) mass is 361 g/mol. The van der Waals surface area contributed by atoms with Gasteiger partial charge in [-0.15, -0.1) is 0 Å². The Balaban J connectivity index is 2.50. The molecule has 1 aromatic carbocycles. The number of amides is 2. The summed E-state index contributed by atoms with van der Waals surface area (Å²) in [5.41, 5.74) is 4.96. The zero-order valence-corrected chi connectivity index (χ0v) is 12.3. The molecule has 1 unspecified atom stereocenters. The molecule has 2 amide bonds. The van der Waals surface area contributed by atoms with Crippen LogP contribution in [0.25, 0.3) is 0 Å². The van der Waals surface area contributed by atoms with Crippen molar-refractivity contribution >= 4 is 50.7 Å². The zero-order chi connectivity index (χ0) is 15.0. The average Bonchev–Trinajstić information content (AvgIpc) is 2.70. The SMILES string of the molecule is NC(=O)C1CC(=O)N(c2c(Br)cc(Cl)cc2[N+](=O)[O-])C1. The van der Waals surface area contributed by atoms with Gasteiger partial charge in [0, 0.05) is 28.5 Å². The van der Waals surface area contributed by atoms with Crippen LogP contribution in [0.3, 0.4) is 0 Å². The number of carbonyl (C=O) groups is 2. The lowest BCUT2D eigenvalue weighted by atomic mass is 10.1. The van der Waals surface area contributed by atoms with Gasteiger partial charge in [0.2, 0.25) is 11.8 Å². The maximum atomic E-state index is 11.9. The van der Waals surface area contributed by atoms with Gasteiger partial charge in [-0.1, -0.05) is 11.6 Å². The standard InChI is InChI=1S/C11H9BrClN3O4/c12-7-2-6(13)3-8(16(19)20)10(7)15-4-5(11(14)18)1-9(15)17/h2-3,5H,1,4H2,(H2,14,18). The molecule has 2 N–H and O–H groups in total. The molecule has 0 saturated carbocycles. The highest BCUT2D eigenvalue weighted by Gasteiger charge is 2.38. The number of halogens is 2. The van der Waals surface area contributed by atoms with Crippen molar-refractivity contribution in [2.24, 2.45) is 11.7 Å². The molecular formula is C11H9BrClN3O4. The lowest BCUT2D eigenvalue weighted by Crippen LogP contribution is -2.29. The van der Waals surface area contributed by atoms with Gasteiger partial charge in [-0.3, -0.25) is 19.7 Å². The van der Waals surface area contributed by atoms with Crippen molar-refractivity contribution < 1.29 is 14.5 Å². The van der Waals surface area contributed by atoms with E-state index >= 15 is 0 Å². The van der Waals surface area contributed by atoms with Gasteiger partial charge in [0.25, 0.3) is 5.69 Å². The molecule has 1 aliphatic heterocycles. The second-order valence-electron chi connectivity index (χ2n) is 4.32. The van der Waals surface area contributed by atoms with Crippen molar-refractivity contribution in [3.8, 4) is 0 Å². The van der Waals surface area contributed by atoms with Gasteiger partial charge in [0.15, 0.2) is 0 Å². The Morgan fingerprint density at radius 2 is 2.20 bits per heavy atom. The zero-order valence-electron chi connectivity index (χ0n) is 10.0. The Labute approximate surface area is 126 Å². The molecule has 1 saturated heterocycles. The van der Waals surface area contributed by atoms with E-state index in [0.717, 1.165) is 6.07 Å². The maximum absolute atomic E-state index is 11.9. The number of rotatable bonds is 3. The van der Waals surface area contributed by atoms with E-state index in [1.165, 1.54) is 11.0 Å². The molecule has 1 aromatic rings. The topological polar surface area (TPSA) is 107 Å². The molecule has 2 rings (SSSR count). The summed E-state index contributed by atoms with van der Waals surface area (Å²) in [7, 11) is 0. The minimum Gasteiger partial charge on any atom is -0.369 e. The van der Waals surface area contributed by atoms with Crippen molar-refractivity contribution in [1.29, 1.82) is 0 Å². The summed E-state index contributed by atoms with van der Waals surface area (Å²) in [5, 5.41) is 11.3. The van der Waals surface area contributed by atoms with Crippen LogP contribution in [0.2, 0.25) is 5.02 Å². The molecule has 0 spiro atoms. The lowest BCUT2D eigenvalue weighted by molar-refractivity contribution is -0.384. The van der Waals surface area contributed by atoms with Crippen molar-refractivity contribution in [2.45, 2.75) is 6.42 Å². The fourth-order valence-electron chi connectivity index (χ4n) is 2.07. The molecule has 0 radical (unpaired) electrons. The van der Waals surface area contributed by atoms with Crippen molar-refractivity contribution in [2.75, 3.05) is 11.4 Å². The number of carbonyl (C=O) groups excluding carboxylic acids is 2. The number of hydrogen-bond acceptors (Lipinski definition) is 4. The summed E-state index contributed by atoms with van der Waals surface area (Å²) in [6, 6.07) is 2.61. The van der Waals surface area contributed by atoms with E-state index in [-0.39, 0.29) is 35.3 Å². The molecule has 0 aliphatic carbocycles. The summed E-state index contributed by atoms with van der Waals surface area (Å²) in [6.45, 7) is 0.0231. The van der Waals surface area contributed by atoms with Crippen molar-refractivity contribution in [3.05, 3.63) is 31.7 Å². The van der Waals surface area contributed by atoms with Gasteiger partial charge < -0.3 is 10.6 Å². The molecular weight excluding hydrogens is 353 g/mol. The number of benzene rings is 1. The van der Waals surface area contributed by atoms with E-state index in [0.29, 0.717) is 4.47 Å². The Morgan fingerprint density at radius 1 is 1.55 bits per heavy atom. The van der Waals surface area contributed by atoms with E-state index in [1.807, 2.05) is 0 Å². The Hall–Kier alpha value is -1.67. The molecule has 7 nitrogen and oxygen atoms in total. The number of hydrogen-bond donors (Lipinski definition) is 1. The van der Waals surface area contributed by atoms with Crippen molar-refractivity contribution in [1.82, 2.24) is 0 Å². The van der Waals surface area contributed by atoms with Crippen LogP contribution in [-0.2, 0) is 9.59 Å². The molecule has 1 aliphatic rings. The van der Waals surface area contributed by atoms with E-state index in [9.17, 15) is 19.7 Å². The summed E-state index contributed by atoms with van der Waals surface area (Å²) in [4.78, 5) is 34.8. The van der Waals surface area contributed by atoms with Crippen LogP contribution in [0, 0.1) is 16.0 Å². The fourth-order valence-corrected chi connectivity index (χ4v) is 3.08. The van der Waals surface area contributed by atoms with Crippen LogP contribution in [0.5, 0.6) is 0 Å². The third kappa shape index (κ3) is 2.61. The molecule has 1 heterocycles. The third-order valence-electron chi connectivity index (χ3n) is 3.00. The van der Waals surface area contributed by atoms with Crippen LogP contribution in [0.1, 0.15) is 6.42 Å². The minimum atomic E-state index is -0.648. The first kappa shape index (κ1) is 14.7. The molecule has 9 heteroatoms. The minimum absolute atomic E-state index is 0.0231. The highest BCUT2D eigenvalue weighted by molar-refractivity contribution is 9.10. The average molecular weight is 363 g/mol. The largest absolute Gasteiger partial charge is 0.369 e. The van der Waals surface area contributed by atoms with Crippen LogP contribution in [0.15, 0.2) is 16.6 Å². The third-order valence-corrected chi connectivity index (χ3v) is 3.82. The summed E-state index contributed by atoms with van der Waals surface area (Å²) in [6.07, 6.45) is -0.0540. The van der Waals surface area contributed by atoms with Gasteiger partial charge in [-0.2, -0.15) is 0 Å². The van der Waals surface area contributed by atoms with E-state index < -0.39 is 16.7 Å². The number of anilines is 1. The maximum Gasteiger partial charge on any atom is 0.295 e. The number of primary amides is 1. The predicted molar refractivity (Wildman–Crippen MR) is 75.5 cm³/mol. The fraction of sp³-hybridized carbons (Fsp3) is 0.273. The Bertz CT molecular complexity index is 622. The Morgan fingerprint density at radius 3 is 2.70 bits per heavy atom. The lowest BCUT2D eigenvalue weighted by Gasteiger charge is -2.18. The van der Waals surface area contributed by atoms with E-state index in [1.54, 1.807) is 0 Å². The van der Waals surface area contributed by atoms with Gasteiger partial charge in [0.05, 0.1) is 10.8 Å². The van der Waals surface area contributed by atoms with E-state index in [2.05, 4.69) is 15.9 Å². The van der Waals surface area contributed by atoms with Crippen LogP contribution >= 0.6 is 27.5 Å². The molecule has 1 atom stereocenters. The van der Waals surface area contributed by atoms with Gasteiger partial charge in [-0.05, 0) is 22.0 Å². The first-order chi connectivity index (χ1) is 9.31. The van der Waals surface area contributed by atoms with Gasteiger partial charge in [-0.25, -0.2) is 0 Å². The molecule has 106 valence electrons. The molecule has 0 bridgehead atoms. The number of nitro benzene ring substituents is 1. The van der Waals surface area contributed by atoms with Crippen LogP contribution in [0.4, 0.5) is 11.4 Å². The highest BCUT2D eigenvalue weighted by atomic mass is 79.9. The van der Waals surface area contributed by atoms with Gasteiger partial charge in [0.1, 0.15) is 5.69 Å². The number of nitrogens with two attached hydrogens (primary N) is 1. The highest BCUT2D eigenvalue weighted by Crippen LogP contribution is 2.41. The first-order valence-corrected chi connectivity index (χ1v) is 6.71. The number of nitro groups is 1. The number of nitrogens with zero attached hydrogens (tertiary/aromatic N) is 2.